The quantitative estimate of drug-likeness (QED) is 0.865. The van der Waals surface area contributed by atoms with Gasteiger partial charge in [-0.05, 0) is 37.6 Å². The third-order valence-electron chi connectivity index (χ3n) is 3.29. The van der Waals surface area contributed by atoms with Gasteiger partial charge in [0.15, 0.2) is 0 Å². The summed E-state index contributed by atoms with van der Waals surface area (Å²) in [5, 5.41) is 3.38. The molecule has 0 saturated carbocycles. The molecule has 1 aromatic rings. The van der Waals surface area contributed by atoms with Crippen LogP contribution in [0, 0.1) is 0 Å². The second kappa shape index (κ2) is 5.32. The largest absolute Gasteiger partial charge is 0.312 e. The average molecular weight is 232 g/mol. The van der Waals surface area contributed by atoms with E-state index in [-0.39, 0.29) is 5.91 Å². The molecule has 1 heterocycles. The number of anilines is 1. The third-order valence-corrected chi connectivity index (χ3v) is 3.29. The monoisotopic (exact) mass is 232 g/mol. The lowest BCUT2D eigenvalue weighted by atomic mass is 10.1. The Morgan fingerprint density at radius 2 is 2.06 bits per heavy atom. The number of benzene rings is 1. The van der Waals surface area contributed by atoms with Crippen LogP contribution in [0.1, 0.15) is 38.3 Å². The van der Waals surface area contributed by atoms with Crippen LogP contribution in [0.5, 0.6) is 0 Å². The van der Waals surface area contributed by atoms with Gasteiger partial charge >= 0.3 is 0 Å². The molecule has 0 aromatic heterocycles. The summed E-state index contributed by atoms with van der Waals surface area (Å²) < 4.78 is 0. The molecule has 1 unspecified atom stereocenters. The van der Waals surface area contributed by atoms with Crippen LogP contribution in [0.2, 0.25) is 0 Å². The minimum Gasteiger partial charge on any atom is -0.312 e. The SMILES string of the molecule is CCNC(C)c1ccc(N2CCCC2=O)cc1. The minimum atomic E-state index is 0.248. The number of carbonyl (C=O) groups is 1. The maximum Gasteiger partial charge on any atom is 0.227 e. The van der Waals surface area contributed by atoms with Crippen LogP contribution in [0.25, 0.3) is 0 Å². The van der Waals surface area contributed by atoms with E-state index in [1.54, 1.807) is 0 Å². The summed E-state index contributed by atoms with van der Waals surface area (Å²) in [6.07, 6.45) is 1.67. The highest BCUT2D eigenvalue weighted by Crippen LogP contribution is 2.23. The van der Waals surface area contributed by atoms with Gasteiger partial charge in [-0.15, -0.1) is 0 Å². The molecule has 17 heavy (non-hydrogen) atoms. The molecule has 1 N–H and O–H groups in total. The molecule has 3 heteroatoms. The van der Waals surface area contributed by atoms with Gasteiger partial charge in [0.25, 0.3) is 0 Å². The molecule has 0 spiro atoms. The van der Waals surface area contributed by atoms with Crippen LogP contribution in [0.15, 0.2) is 24.3 Å². The molecular formula is C14H20N2O. The van der Waals surface area contributed by atoms with Crippen molar-refractivity contribution in [2.24, 2.45) is 0 Å². The van der Waals surface area contributed by atoms with E-state index in [1.807, 2.05) is 17.0 Å². The first-order valence-corrected chi connectivity index (χ1v) is 6.36. The molecule has 1 aliphatic heterocycles. The van der Waals surface area contributed by atoms with E-state index in [0.29, 0.717) is 12.5 Å². The second-order valence-electron chi connectivity index (χ2n) is 4.52. The summed E-state index contributed by atoms with van der Waals surface area (Å²) >= 11 is 0. The van der Waals surface area contributed by atoms with Crippen molar-refractivity contribution in [3.8, 4) is 0 Å². The van der Waals surface area contributed by atoms with Crippen LogP contribution < -0.4 is 10.2 Å². The highest BCUT2D eigenvalue weighted by atomic mass is 16.2. The highest BCUT2D eigenvalue weighted by Gasteiger charge is 2.21. The van der Waals surface area contributed by atoms with Crippen molar-refractivity contribution >= 4 is 11.6 Å². The number of nitrogens with one attached hydrogen (secondary N) is 1. The van der Waals surface area contributed by atoms with Crippen LogP contribution in [-0.4, -0.2) is 19.0 Å². The maximum atomic E-state index is 11.6. The number of hydrogen-bond donors (Lipinski definition) is 1. The van der Waals surface area contributed by atoms with Crippen molar-refractivity contribution in [2.75, 3.05) is 18.0 Å². The number of amides is 1. The summed E-state index contributed by atoms with van der Waals surface area (Å²) in [6, 6.07) is 8.67. The van der Waals surface area contributed by atoms with E-state index in [4.69, 9.17) is 0 Å². The second-order valence-corrected chi connectivity index (χ2v) is 4.52. The number of carbonyl (C=O) groups excluding carboxylic acids is 1. The predicted molar refractivity (Wildman–Crippen MR) is 70.1 cm³/mol. The normalized spacial score (nSPS) is 17.5. The van der Waals surface area contributed by atoms with E-state index < -0.39 is 0 Å². The molecule has 92 valence electrons. The maximum absolute atomic E-state index is 11.6. The zero-order valence-electron chi connectivity index (χ0n) is 10.6. The fraction of sp³-hybridized carbons (Fsp3) is 0.500. The zero-order valence-corrected chi connectivity index (χ0v) is 10.6. The first-order valence-electron chi connectivity index (χ1n) is 6.36. The first kappa shape index (κ1) is 12.1. The molecule has 1 aliphatic rings. The molecule has 1 amide bonds. The molecular weight excluding hydrogens is 212 g/mol. The number of rotatable bonds is 4. The van der Waals surface area contributed by atoms with E-state index in [2.05, 4.69) is 31.3 Å². The standard InChI is InChI=1S/C14H20N2O/c1-3-15-11(2)12-6-8-13(9-7-12)16-10-4-5-14(16)17/h6-9,11,15H,3-5,10H2,1-2H3. The molecule has 1 aromatic carbocycles. The Kier molecular flexibility index (Phi) is 3.79. The highest BCUT2D eigenvalue weighted by molar-refractivity contribution is 5.95. The number of hydrogen-bond acceptors (Lipinski definition) is 2. The van der Waals surface area contributed by atoms with Crippen LogP contribution in [-0.2, 0) is 4.79 Å². The molecule has 0 aliphatic carbocycles. The molecule has 3 nitrogen and oxygen atoms in total. The molecule has 2 rings (SSSR count). The Balaban J connectivity index is 2.10. The summed E-state index contributed by atoms with van der Waals surface area (Å²) in [7, 11) is 0. The molecule has 1 fully saturated rings. The summed E-state index contributed by atoms with van der Waals surface area (Å²) in [5.41, 5.74) is 2.29. The summed E-state index contributed by atoms with van der Waals surface area (Å²) in [6.45, 7) is 6.09. The minimum absolute atomic E-state index is 0.248. The van der Waals surface area contributed by atoms with Crippen LogP contribution >= 0.6 is 0 Å². The fourth-order valence-electron chi connectivity index (χ4n) is 2.29. The Morgan fingerprint density at radius 1 is 1.35 bits per heavy atom. The Bertz CT molecular complexity index is 386. The van der Waals surface area contributed by atoms with Crippen molar-refractivity contribution in [3.63, 3.8) is 0 Å². The van der Waals surface area contributed by atoms with Gasteiger partial charge in [0.05, 0.1) is 0 Å². The fourth-order valence-corrected chi connectivity index (χ4v) is 2.29. The van der Waals surface area contributed by atoms with E-state index in [1.165, 1.54) is 5.56 Å². The molecule has 1 saturated heterocycles. The van der Waals surface area contributed by atoms with Gasteiger partial charge in [0, 0.05) is 24.7 Å². The zero-order chi connectivity index (χ0) is 12.3. The lowest BCUT2D eigenvalue weighted by Gasteiger charge is -2.18. The van der Waals surface area contributed by atoms with E-state index in [9.17, 15) is 4.79 Å². The van der Waals surface area contributed by atoms with Gasteiger partial charge in [-0.1, -0.05) is 19.1 Å². The summed E-state index contributed by atoms with van der Waals surface area (Å²) in [4.78, 5) is 13.5. The van der Waals surface area contributed by atoms with Crippen molar-refractivity contribution in [2.45, 2.75) is 32.7 Å². The van der Waals surface area contributed by atoms with Crippen LogP contribution in [0.3, 0.4) is 0 Å². The van der Waals surface area contributed by atoms with Crippen LogP contribution in [0.4, 0.5) is 5.69 Å². The van der Waals surface area contributed by atoms with E-state index >= 15 is 0 Å². The lowest BCUT2D eigenvalue weighted by Crippen LogP contribution is -2.23. The average Bonchev–Trinajstić information content (AvgIpc) is 2.76. The molecule has 0 radical (unpaired) electrons. The van der Waals surface area contributed by atoms with Gasteiger partial charge in [0.1, 0.15) is 0 Å². The number of nitrogens with zero attached hydrogens (tertiary/aromatic N) is 1. The summed E-state index contributed by atoms with van der Waals surface area (Å²) in [5.74, 6) is 0.248. The van der Waals surface area contributed by atoms with Crippen molar-refractivity contribution in [3.05, 3.63) is 29.8 Å². The third kappa shape index (κ3) is 2.67. The van der Waals surface area contributed by atoms with Crippen molar-refractivity contribution in [1.29, 1.82) is 0 Å². The van der Waals surface area contributed by atoms with Gasteiger partial charge < -0.3 is 10.2 Å². The smallest absolute Gasteiger partial charge is 0.227 e. The van der Waals surface area contributed by atoms with Crippen molar-refractivity contribution in [1.82, 2.24) is 5.32 Å². The molecule has 1 atom stereocenters. The molecule has 0 bridgehead atoms. The predicted octanol–water partition coefficient (Wildman–Crippen LogP) is 2.48. The lowest BCUT2D eigenvalue weighted by molar-refractivity contribution is -0.117. The van der Waals surface area contributed by atoms with Gasteiger partial charge in [0.2, 0.25) is 5.91 Å². The van der Waals surface area contributed by atoms with Gasteiger partial charge in [-0.25, -0.2) is 0 Å². The van der Waals surface area contributed by atoms with Gasteiger partial charge in [-0.3, -0.25) is 4.79 Å². The first-order chi connectivity index (χ1) is 8.22. The van der Waals surface area contributed by atoms with Crippen molar-refractivity contribution < 1.29 is 4.79 Å². The van der Waals surface area contributed by atoms with E-state index in [0.717, 1.165) is 25.2 Å². The van der Waals surface area contributed by atoms with Gasteiger partial charge in [-0.2, -0.15) is 0 Å². The topological polar surface area (TPSA) is 32.3 Å². The Morgan fingerprint density at radius 3 is 2.59 bits per heavy atom. The Hall–Kier alpha value is -1.35. The Labute approximate surface area is 103 Å².